The normalized spacial score (nSPS) is 10.7. The van der Waals surface area contributed by atoms with Crippen molar-refractivity contribution in [3.05, 3.63) is 88.9 Å². The maximum absolute atomic E-state index is 12.5. The number of nitrogens with zero attached hydrogens (tertiary/aromatic N) is 2. The molecule has 4 rings (SSSR count). The molecule has 2 aromatic heterocycles. The number of carbonyl (C=O) groups is 1. The number of amides is 1. The largest absolute Gasteiger partial charge is 0.307 e. The van der Waals surface area contributed by atoms with Crippen LogP contribution in [0.1, 0.15) is 27.9 Å². The van der Waals surface area contributed by atoms with E-state index in [-0.39, 0.29) is 5.91 Å². The molecule has 0 aliphatic heterocycles. The molecule has 0 saturated heterocycles. The molecule has 0 bridgehead atoms. The number of aryl methyl sites for hydroxylation is 2. The summed E-state index contributed by atoms with van der Waals surface area (Å²) in [4.78, 5) is 23.0. The first-order chi connectivity index (χ1) is 14.1. The zero-order valence-corrected chi connectivity index (χ0v) is 17.2. The number of anilines is 1. The van der Waals surface area contributed by atoms with Crippen molar-refractivity contribution in [2.75, 3.05) is 5.32 Å². The standard InChI is InChI=1S/C24H21N3OS/c1-3-21-27-22(18-12-7-9-16(2)15-18)23(29-21)19-13-8-14-20(25-19)26-24(28)17-10-5-4-6-11-17/h4-15H,3H2,1-2H3,(H,25,26,28). The maximum atomic E-state index is 12.5. The molecule has 144 valence electrons. The highest BCUT2D eigenvalue weighted by atomic mass is 32.1. The van der Waals surface area contributed by atoms with Gasteiger partial charge in [-0.2, -0.15) is 0 Å². The van der Waals surface area contributed by atoms with E-state index in [2.05, 4.69) is 37.4 Å². The topological polar surface area (TPSA) is 54.9 Å². The third-order valence-electron chi connectivity index (χ3n) is 4.52. The summed E-state index contributed by atoms with van der Waals surface area (Å²) in [5, 5.41) is 3.96. The molecular formula is C24H21N3OS. The van der Waals surface area contributed by atoms with Gasteiger partial charge in [0.05, 0.1) is 21.3 Å². The summed E-state index contributed by atoms with van der Waals surface area (Å²) < 4.78 is 0. The van der Waals surface area contributed by atoms with Crippen LogP contribution in [0.5, 0.6) is 0 Å². The molecule has 0 atom stereocenters. The Morgan fingerprint density at radius 1 is 0.966 bits per heavy atom. The van der Waals surface area contributed by atoms with Crippen molar-refractivity contribution in [2.45, 2.75) is 20.3 Å². The van der Waals surface area contributed by atoms with Gasteiger partial charge in [-0.25, -0.2) is 9.97 Å². The van der Waals surface area contributed by atoms with Crippen LogP contribution in [0, 0.1) is 6.92 Å². The first-order valence-electron chi connectivity index (χ1n) is 9.54. The van der Waals surface area contributed by atoms with Crippen LogP contribution in [0.25, 0.3) is 21.8 Å². The lowest BCUT2D eigenvalue weighted by atomic mass is 10.1. The number of pyridine rings is 1. The van der Waals surface area contributed by atoms with Crippen molar-refractivity contribution >= 4 is 23.1 Å². The summed E-state index contributed by atoms with van der Waals surface area (Å²) in [6, 6.07) is 23.2. The molecule has 29 heavy (non-hydrogen) atoms. The Balaban J connectivity index is 1.70. The average molecular weight is 400 g/mol. The fourth-order valence-corrected chi connectivity index (χ4v) is 4.08. The van der Waals surface area contributed by atoms with E-state index >= 15 is 0 Å². The van der Waals surface area contributed by atoms with Crippen molar-refractivity contribution in [3.63, 3.8) is 0 Å². The number of rotatable bonds is 5. The van der Waals surface area contributed by atoms with Crippen LogP contribution in [-0.2, 0) is 6.42 Å². The lowest BCUT2D eigenvalue weighted by molar-refractivity contribution is 0.102. The third kappa shape index (κ3) is 4.25. The summed E-state index contributed by atoms with van der Waals surface area (Å²) in [5.41, 5.74) is 4.62. The van der Waals surface area contributed by atoms with Gasteiger partial charge in [0.1, 0.15) is 5.82 Å². The molecule has 2 aromatic carbocycles. The molecule has 4 aromatic rings. The number of thiazole rings is 1. The Morgan fingerprint density at radius 2 is 1.76 bits per heavy atom. The molecular weight excluding hydrogens is 378 g/mol. The van der Waals surface area contributed by atoms with Crippen molar-refractivity contribution in [3.8, 4) is 21.8 Å². The Hall–Kier alpha value is -3.31. The minimum Gasteiger partial charge on any atom is -0.307 e. The van der Waals surface area contributed by atoms with Gasteiger partial charge >= 0.3 is 0 Å². The molecule has 2 heterocycles. The van der Waals surface area contributed by atoms with Gasteiger partial charge < -0.3 is 5.32 Å². The average Bonchev–Trinajstić information content (AvgIpc) is 3.19. The fraction of sp³-hybridized carbons (Fsp3) is 0.125. The highest BCUT2D eigenvalue weighted by Crippen LogP contribution is 2.36. The summed E-state index contributed by atoms with van der Waals surface area (Å²) >= 11 is 1.65. The molecule has 0 spiro atoms. The molecule has 0 fully saturated rings. The molecule has 0 aliphatic carbocycles. The van der Waals surface area contributed by atoms with Crippen LogP contribution in [0.2, 0.25) is 0 Å². The maximum Gasteiger partial charge on any atom is 0.256 e. The van der Waals surface area contributed by atoms with E-state index in [0.717, 1.165) is 33.3 Å². The first-order valence-corrected chi connectivity index (χ1v) is 10.4. The Labute approximate surface area is 174 Å². The van der Waals surface area contributed by atoms with Gasteiger partial charge in [0.2, 0.25) is 0 Å². The summed E-state index contributed by atoms with van der Waals surface area (Å²) in [6.45, 7) is 4.18. The lowest BCUT2D eigenvalue weighted by Crippen LogP contribution is -2.12. The molecule has 4 nitrogen and oxygen atoms in total. The van der Waals surface area contributed by atoms with Crippen LogP contribution >= 0.6 is 11.3 Å². The van der Waals surface area contributed by atoms with Gasteiger partial charge in [-0.05, 0) is 43.7 Å². The number of hydrogen-bond donors (Lipinski definition) is 1. The van der Waals surface area contributed by atoms with Crippen LogP contribution < -0.4 is 5.32 Å². The third-order valence-corrected chi connectivity index (χ3v) is 5.75. The van der Waals surface area contributed by atoms with Crippen molar-refractivity contribution < 1.29 is 4.79 Å². The van der Waals surface area contributed by atoms with E-state index in [1.807, 2.05) is 36.4 Å². The van der Waals surface area contributed by atoms with Crippen molar-refractivity contribution in [1.29, 1.82) is 0 Å². The minimum absolute atomic E-state index is 0.173. The van der Waals surface area contributed by atoms with Crippen LogP contribution in [0.15, 0.2) is 72.8 Å². The Kier molecular flexibility index (Phi) is 5.49. The van der Waals surface area contributed by atoms with Gasteiger partial charge in [0.25, 0.3) is 5.91 Å². The number of hydrogen-bond acceptors (Lipinski definition) is 4. The van der Waals surface area contributed by atoms with Gasteiger partial charge in [-0.1, -0.05) is 55.0 Å². The molecule has 0 aliphatic rings. The van der Waals surface area contributed by atoms with Gasteiger partial charge in [0.15, 0.2) is 0 Å². The molecule has 5 heteroatoms. The SMILES string of the molecule is CCc1nc(-c2cccc(C)c2)c(-c2cccc(NC(=O)c3ccccc3)n2)s1. The summed E-state index contributed by atoms with van der Waals surface area (Å²) in [7, 11) is 0. The number of aromatic nitrogens is 2. The Morgan fingerprint density at radius 3 is 2.52 bits per heavy atom. The summed E-state index contributed by atoms with van der Waals surface area (Å²) in [5.74, 6) is 0.353. The second-order valence-corrected chi connectivity index (χ2v) is 7.82. The van der Waals surface area contributed by atoms with E-state index in [1.165, 1.54) is 5.56 Å². The van der Waals surface area contributed by atoms with Crippen molar-refractivity contribution in [1.82, 2.24) is 9.97 Å². The first kappa shape index (κ1) is 19.0. The van der Waals surface area contributed by atoms with Gasteiger partial charge in [-0.3, -0.25) is 4.79 Å². The smallest absolute Gasteiger partial charge is 0.256 e. The highest BCUT2D eigenvalue weighted by molar-refractivity contribution is 7.15. The van der Waals surface area contributed by atoms with Crippen LogP contribution in [0.3, 0.4) is 0 Å². The van der Waals surface area contributed by atoms with E-state index in [0.29, 0.717) is 11.4 Å². The lowest BCUT2D eigenvalue weighted by Gasteiger charge is -2.07. The molecule has 0 saturated carbocycles. The monoisotopic (exact) mass is 399 g/mol. The zero-order chi connectivity index (χ0) is 20.2. The molecule has 0 unspecified atom stereocenters. The van der Waals surface area contributed by atoms with Gasteiger partial charge in [-0.15, -0.1) is 11.3 Å². The van der Waals surface area contributed by atoms with E-state index < -0.39 is 0 Å². The predicted octanol–water partition coefficient (Wildman–Crippen LogP) is 6.00. The number of benzene rings is 2. The molecule has 1 N–H and O–H groups in total. The Bertz CT molecular complexity index is 1150. The predicted molar refractivity (Wildman–Crippen MR) is 119 cm³/mol. The summed E-state index contributed by atoms with van der Waals surface area (Å²) in [6.07, 6.45) is 0.869. The molecule has 0 radical (unpaired) electrons. The fourth-order valence-electron chi connectivity index (χ4n) is 3.09. The van der Waals surface area contributed by atoms with Crippen LogP contribution in [0.4, 0.5) is 5.82 Å². The number of nitrogens with one attached hydrogen (secondary N) is 1. The van der Waals surface area contributed by atoms with Crippen molar-refractivity contribution in [2.24, 2.45) is 0 Å². The second-order valence-electron chi connectivity index (χ2n) is 6.74. The second kappa shape index (κ2) is 8.37. The van der Waals surface area contributed by atoms with Gasteiger partial charge in [0, 0.05) is 11.1 Å². The zero-order valence-electron chi connectivity index (χ0n) is 16.3. The quantitative estimate of drug-likeness (QED) is 0.448. The van der Waals surface area contributed by atoms with E-state index in [4.69, 9.17) is 9.97 Å². The highest BCUT2D eigenvalue weighted by Gasteiger charge is 2.16. The minimum atomic E-state index is -0.173. The number of carbonyl (C=O) groups excluding carboxylic acids is 1. The van der Waals surface area contributed by atoms with E-state index in [9.17, 15) is 4.79 Å². The molecule has 1 amide bonds. The van der Waals surface area contributed by atoms with Crippen LogP contribution in [-0.4, -0.2) is 15.9 Å². The van der Waals surface area contributed by atoms with E-state index in [1.54, 1.807) is 29.5 Å².